The van der Waals surface area contributed by atoms with Crippen LogP contribution in [0.2, 0.25) is 0 Å². The van der Waals surface area contributed by atoms with E-state index in [4.69, 9.17) is 4.74 Å². The SMILES string of the molecule is O=C(Cc1cnccc1C(F)(F)F)NC[C@@H]1CCCOC1. The second-order valence-corrected chi connectivity index (χ2v) is 5.09. The van der Waals surface area contributed by atoms with Crippen LogP contribution in [-0.4, -0.2) is 30.6 Å². The van der Waals surface area contributed by atoms with Gasteiger partial charge >= 0.3 is 6.18 Å². The molecule has 1 amide bonds. The van der Waals surface area contributed by atoms with Crippen molar-refractivity contribution in [3.8, 4) is 0 Å². The molecule has 0 aliphatic carbocycles. The number of hydrogen-bond acceptors (Lipinski definition) is 3. The van der Waals surface area contributed by atoms with Crippen LogP contribution in [0.15, 0.2) is 18.5 Å². The van der Waals surface area contributed by atoms with Gasteiger partial charge in [0.25, 0.3) is 0 Å². The maximum atomic E-state index is 12.8. The number of amides is 1. The van der Waals surface area contributed by atoms with Crippen LogP contribution in [0.1, 0.15) is 24.0 Å². The van der Waals surface area contributed by atoms with Crippen molar-refractivity contribution in [3.63, 3.8) is 0 Å². The molecule has 1 aliphatic heterocycles. The highest BCUT2D eigenvalue weighted by Gasteiger charge is 2.33. The Kier molecular flexibility index (Phi) is 5.17. The monoisotopic (exact) mass is 302 g/mol. The number of rotatable bonds is 4. The lowest BCUT2D eigenvalue weighted by Crippen LogP contribution is -2.34. The summed E-state index contributed by atoms with van der Waals surface area (Å²) in [5.41, 5.74) is -0.920. The number of hydrogen-bond donors (Lipinski definition) is 1. The fraction of sp³-hybridized carbons (Fsp3) is 0.571. The molecule has 0 spiro atoms. The maximum Gasteiger partial charge on any atom is 0.416 e. The molecular formula is C14H17F3N2O2. The van der Waals surface area contributed by atoms with E-state index in [0.717, 1.165) is 37.9 Å². The minimum absolute atomic E-state index is 0.109. The van der Waals surface area contributed by atoms with E-state index in [9.17, 15) is 18.0 Å². The largest absolute Gasteiger partial charge is 0.416 e. The Morgan fingerprint density at radius 1 is 1.48 bits per heavy atom. The van der Waals surface area contributed by atoms with Crippen LogP contribution in [0, 0.1) is 5.92 Å². The number of carbonyl (C=O) groups is 1. The molecule has 0 unspecified atom stereocenters. The minimum atomic E-state index is -4.48. The summed E-state index contributed by atoms with van der Waals surface area (Å²) in [5, 5.41) is 2.67. The third kappa shape index (κ3) is 4.70. The fourth-order valence-electron chi connectivity index (χ4n) is 2.31. The third-order valence-electron chi connectivity index (χ3n) is 3.40. The number of pyridine rings is 1. The molecule has 4 nitrogen and oxygen atoms in total. The van der Waals surface area contributed by atoms with Crippen LogP contribution in [0.5, 0.6) is 0 Å². The van der Waals surface area contributed by atoms with E-state index in [2.05, 4.69) is 10.3 Å². The first-order valence-electron chi connectivity index (χ1n) is 6.81. The van der Waals surface area contributed by atoms with Gasteiger partial charge in [-0.25, -0.2) is 0 Å². The molecule has 1 fully saturated rings. The highest BCUT2D eigenvalue weighted by molar-refractivity contribution is 5.78. The maximum absolute atomic E-state index is 12.8. The van der Waals surface area contributed by atoms with E-state index >= 15 is 0 Å². The van der Waals surface area contributed by atoms with Gasteiger partial charge in [-0.2, -0.15) is 13.2 Å². The quantitative estimate of drug-likeness (QED) is 0.927. The van der Waals surface area contributed by atoms with Gasteiger partial charge in [-0.3, -0.25) is 9.78 Å². The Labute approximate surface area is 120 Å². The number of carbonyl (C=O) groups excluding carboxylic acids is 1. The first-order chi connectivity index (χ1) is 9.97. The highest BCUT2D eigenvalue weighted by Crippen LogP contribution is 2.31. The molecule has 116 valence electrons. The summed E-state index contributed by atoms with van der Waals surface area (Å²) in [5.74, 6) is -0.197. The van der Waals surface area contributed by atoms with Crippen LogP contribution in [0.4, 0.5) is 13.2 Å². The number of nitrogens with zero attached hydrogens (tertiary/aromatic N) is 1. The van der Waals surface area contributed by atoms with Gasteiger partial charge in [0.15, 0.2) is 0 Å². The average Bonchev–Trinajstić information content (AvgIpc) is 2.46. The van der Waals surface area contributed by atoms with E-state index in [0.29, 0.717) is 13.2 Å². The van der Waals surface area contributed by atoms with Gasteiger partial charge in [0.2, 0.25) is 5.91 Å². The second-order valence-electron chi connectivity index (χ2n) is 5.09. The van der Waals surface area contributed by atoms with Gasteiger partial charge in [0.05, 0.1) is 18.6 Å². The van der Waals surface area contributed by atoms with Crippen molar-refractivity contribution >= 4 is 5.91 Å². The lowest BCUT2D eigenvalue weighted by molar-refractivity contribution is -0.138. The van der Waals surface area contributed by atoms with Gasteiger partial charge in [0, 0.05) is 25.5 Å². The summed E-state index contributed by atoms with van der Waals surface area (Å²) in [4.78, 5) is 15.4. The molecule has 1 N–H and O–H groups in total. The number of alkyl halides is 3. The van der Waals surface area contributed by atoms with Crippen molar-refractivity contribution in [3.05, 3.63) is 29.6 Å². The molecule has 0 radical (unpaired) electrons. The van der Waals surface area contributed by atoms with Crippen molar-refractivity contribution < 1.29 is 22.7 Å². The van der Waals surface area contributed by atoms with E-state index in [1.807, 2.05) is 0 Å². The predicted octanol–water partition coefficient (Wildman–Crippen LogP) is 2.19. The zero-order valence-electron chi connectivity index (χ0n) is 11.4. The van der Waals surface area contributed by atoms with E-state index < -0.39 is 17.6 Å². The lowest BCUT2D eigenvalue weighted by Gasteiger charge is -2.22. The lowest BCUT2D eigenvalue weighted by atomic mass is 10.0. The van der Waals surface area contributed by atoms with E-state index in [1.165, 1.54) is 0 Å². The fourth-order valence-corrected chi connectivity index (χ4v) is 2.31. The summed E-state index contributed by atoms with van der Waals surface area (Å²) in [6, 6.07) is 0.886. The van der Waals surface area contributed by atoms with Gasteiger partial charge in [-0.15, -0.1) is 0 Å². The second kappa shape index (κ2) is 6.89. The molecule has 1 saturated heterocycles. The minimum Gasteiger partial charge on any atom is -0.381 e. The number of ether oxygens (including phenoxy) is 1. The van der Waals surface area contributed by atoms with Crippen molar-refractivity contribution in [2.24, 2.45) is 5.92 Å². The molecule has 0 aromatic carbocycles. The van der Waals surface area contributed by atoms with Crippen LogP contribution >= 0.6 is 0 Å². The third-order valence-corrected chi connectivity index (χ3v) is 3.40. The van der Waals surface area contributed by atoms with Gasteiger partial charge in [0.1, 0.15) is 0 Å². The van der Waals surface area contributed by atoms with Crippen LogP contribution in [0.3, 0.4) is 0 Å². The number of aromatic nitrogens is 1. The summed E-state index contributed by atoms with van der Waals surface area (Å²) >= 11 is 0. The molecule has 1 aromatic heterocycles. The van der Waals surface area contributed by atoms with Crippen molar-refractivity contribution in [1.82, 2.24) is 10.3 Å². The highest BCUT2D eigenvalue weighted by atomic mass is 19.4. The van der Waals surface area contributed by atoms with Crippen LogP contribution in [0.25, 0.3) is 0 Å². The van der Waals surface area contributed by atoms with Gasteiger partial charge in [-0.1, -0.05) is 0 Å². The average molecular weight is 302 g/mol. The molecule has 1 aliphatic rings. The van der Waals surface area contributed by atoms with Gasteiger partial charge in [-0.05, 0) is 30.4 Å². The van der Waals surface area contributed by atoms with Crippen molar-refractivity contribution in [2.45, 2.75) is 25.4 Å². The molecule has 0 saturated carbocycles. The van der Waals surface area contributed by atoms with Gasteiger partial charge < -0.3 is 10.1 Å². The summed E-state index contributed by atoms with van der Waals surface area (Å²) < 4.78 is 43.7. The Balaban J connectivity index is 1.90. The molecule has 1 aromatic rings. The number of nitrogens with one attached hydrogen (secondary N) is 1. The Morgan fingerprint density at radius 2 is 2.29 bits per heavy atom. The van der Waals surface area contributed by atoms with Crippen molar-refractivity contribution in [1.29, 1.82) is 0 Å². The first-order valence-corrected chi connectivity index (χ1v) is 6.81. The Bertz CT molecular complexity index is 485. The topological polar surface area (TPSA) is 51.2 Å². The zero-order valence-corrected chi connectivity index (χ0v) is 11.4. The Morgan fingerprint density at radius 3 is 2.95 bits per heavy atom. The van der Waals surface area contributed by atoms with Crippen LogP contribution < -0.4 is 5.32 Å². The molecule has 0 bridgehead atoms. The zero-order chi connectivity index (χ0) is 15.3. The first kappa shape index (κ1) is 15.8. The standard InChI is InChI=1S/C14H17F3N2O2/c15-14(16,17)12-3-4-18-8-11(12)6-13(20)19-7-10-2-1-5-21-9-10/h3-4,8,10H,1-2,5-7,9H2,(H,19,20)/t10-/m0/s1. The smallest absolute Gasteiger partial charge is 0.381 e. The molecule has 1 atom stereocenters. The number of halogens is 3. The van der Waals surface area contributed by atoms with E-state index in [-0.39, 0.29) is 17.9 Å². The summed E-state index contributed by atoms with van der Waals surface area (Å²) in [7, 11) is 0. The molecule has 2 heterocycles. The summed E-state index contributed by atoms with van der Waals surface area (Å²) in [6.45, 7) is 1.75. The molecule has 7 heteroatoms. The normalized spacial score (nSPS) is 19.3. The molecular weight excluding hydrogens is 285 g/mol. The molecule has 21 heavy (non-hydrogen) atoms. The molecule has 2 rings (SSSR count). The Hall–Kier alpha value is -1.63. The predicted molar refractivity (Wildman–Crippen MR) is 69.5 cm³/mol. The summed E-state index contributed by atoms with van der Waals surface area (Å²) in [6.07, 6.45) is -0.732. The van der Waals surface area contributed by atoms with Crippen LogP contribution in [-0.2, 0) is 22.1 Å². The van der Waals surface area contributed by atoms with E-state index in [1.54, 1.807) is 0 Å². The van der Waals surface area contributed by atoms with Crippen molar-refractivity contribution in [2.75, 3.05) is 19.8 Å².